The van der Waals surface area contributed by atoms with Crippen molar-refractivity contribution in [3.63, 3.8) is 0 Å². The van der Waals surface area contributed by atoms with Crippen LogP contribution in [-0.4, -0.2) is 40.6 Å². The minimum absolute atomic E-state index is 0.0134. The summed E-state index contributed by atoms with van der Waals surface area (Å²) in [5, 5.41) is 3.11. The van der Waals surface area contributed by atoms with Gasteiger partial charge in [-0.15, -0.1) is 0 Å². The molecule has 2 N–H and O–H groups in total. The molecule has 0 aliphatic carbocycles. The summed E-state index contributed by atoms with van der Waals surface area (Å²) < 4.78 is 6.46. The zero-order valence-electron chi connectivity index (χ0n) is 11.2. The Morgan fingerprint density at radius 3 is 3.25 bits per heavy atom. The van der Waals surface area contributed by atoms with Crippen molar-refractivity contribution in [1.82, 2.24) is 10.3 Å². The zero-order chi connectivity index (χ0) is 14.0. The molecule has 0 unspecified atom stereocenters. The van der Waals surface area contributed by atoms with E-state index in [4.69, 9.17) is 17.0 Å². The molecule has 0 aromatic carbocycles. The minimum atomic E-state index is -0.0837. The summed E-state index contributed by atoms with van der Waals surface area (Å²) in [7, 11) is 0. The summed E-state index contributed by atoms with van der Waals surface area (Å²) in [6.07, 6.45) is 4.62. The van der Waals surface area contributed by atoms with E-state index < -0.39 is 0 Å². The summed E-state index contributed by atoms with van der Waals surface area (Å²) in [5.74, 6) is 2.12. The van der Waals surface area contributed by atoms with Crippen LogP contribution in [-0.2, 0) is 4.74 Å². The van der Waals surface area contributed by atoms with E-state index in [-0.39, 0.29) is 17.6 Å². The highest BCUT2D eigenvalue weighted by Gasteiger charge is 2.40. The second-order valence-electron chi connectivity index (χ2n) is 5.41. The van der Waals surface area contributed by atoms with Gasteiger partial charge in [-0.2, -0.15) is 11.8 Å². The molecule has 0 saturated carbocycles. The number of hydrogen-bond donors (Lipinski definition) is 2. The van der Waals surface area contributed by atoms with E-state index in [2.05, 4.69) is 10.3 Å². The van der Waals surface area contributed by atoms with E-state index in [9.17, 15) is 4.79 Å². The third-order valence-electron chi connectivity index (χ3n) is 3.96. The second-order valence-corrected chi connectivity index (χ2v) is 6.92. The zero-order valence-corrected chi connectivity index (χ0v) is 12.8. The first-order valence-corrected chi connectivity index (χ1v) is 8.45. The molecule has 4 nitrogen and oxygen atoms in total. The molecule has 3 rings (SSSR count). The van der Waals surface area contributed by atoms with Crippen molar-refractivity contribution in [3.8, 4) is 0 Å². The highest BCUT2D eigenvalue weighted by molar-refractivity contribution is 7.99. The van der Waals surface area contributed by atoms with Crippen molar-refractivity contribution < 1.29 is 9.53 Å². The van der Waals surface area contributed by atoms with Crippen LogP contribution in [0.3, 0.4) is 0 Å². The molecule has 3 heterocycles. The fourth-order valence-electron chi connectivity index (χ4n) is 2.88. The number of amides is 1. The maximum atomic E-state index is 12.3. The lowest BCUT2D eigenvalue weighted by molar-refractivity contribution is -0.0688. The molecule has 108 valence electrons. The average molecular weight is 310 g/mol. The normalized spacial score (nSPS) is 29.5. The van der Waals surface area contributed by atoms with Crippen LogP contribution in [0.2, 0.25) is 0 Å². The van der Waals surface area contributed by atoms with Crippen molar-refractivity contribution in [2.45, 2.75) is 30.9 Å². The standard InChI is InChI=1S/C14H18N2O2S2/c17-12(11-2-1-5-15-13(11)19)16-10-3-6-18-14(8-10)4-7-20-9-14/h1-2,5,10H,3-4,6-9H2,(H,15,19)(H,16,17)/t10-,14+/m1/s1. The first kappa shape index (κ1) is 14.1. The van der Waals surface area contributed by atoms with E-state index in [1.165, 1.54) is 0 Å². The van der Waals surface area contributed by atoms with Gasteiger partial charge in [-0.1, -0.05) is 12.2 Å². The monoisotopic (exact) mass is 310 g/mol. The van der Waals surface area contributed by atoms with Crippen LogP contribution in [0, 0.1) is 4.64 Å². The molecule has 1 spiro atoms. The quantitative estimate of drug-likeness (QED) is 0.824. The number of carbonyl (C=O) groups is 1. The van der Waals surface area contributed by atoms with Gasteiger partial charge in [0.25, 0.3) is 5.91 Å². The molecule has 2 aliphatic rings. The van der Waals surface area contributed by atoms with Crippen molar-refractivity contribution in [3.05, 3.63) is 28.5 Å². The average Bonchev–Trinajstić information content (AvgIpc) is 2.87. The van der Waals surface area contributed by atoms with Crippen LogP contribution in [0.25, 0.3) is 0 Å². The molecule has 2 aliphatic heterocycles. The van der Waals surface area contributed by atoms with Gasteiger partial charge >= 0.3 is 0 Å². The Bertz CT molecular complexity index is 552. The fourth-order valence-corrected chi connectivity index (χ4v) is 4.48. The van der Waals surface area contributed by atoms with Crippen LogP contribution < -0.4 is 5.32 Å². The van der Waals surface area contributed by atoms with Crippen molar-refractivity contribution >= 4 is 29.9 Å². The maximum absolute atomic E-state index is 12.3. The lowest BCUT2D eigenvalue weighted by atomic mass is 9.90. The molecule has 0 radical (unpaired) electrons. The molecule has 2 saturated heterocycles. The molecule has 1 amide bonds. The Morgan fingerprint density at radius 1 is 1.60 bits per heavy atom. The number of aromatic amines is 1. The summed E-state index contributed by atoms with van der Waals surface area (Å²) in [6, 6.07) is 3.74. The van der Waals surface area contributed by atoms with Gasteiger partial charge in [-0.05, 0) is 37.1 Å². The molecular weight excluding hydrogens is 292 g/mol. The number of rotatable bonds is 2. The van der Waals surface area contributed by atoms with Gasteiger partial charge in [0.15, 0.2) is 0 Å². The first-order chi connectivity index (χ1) is 9.69. The van der Waals surface area contributed by atoms with Crippen LogP contribution in [0.4, 0.5) is 0 Å². The smallest absolute Gasteiger partial charge is 0.254 e. The minimum Gasteiger partial charge on any atom is -0.374 e. The van der Waals surface area contributed by atoms with E-state index >= 15 is 0 Å². The predicted octanol–water partition coefficient (Wildman–Crippen LogP) is 2.53. The van der Waals surface area contributed by atoms with Crippen LogP contribution >= 0.6 is 24.0 Å². The van der Waals surface area contributed by atoms with Crippen LogP contribution in [0.5, 0.6) is 0 Å². The van der Waals surface area contributed by atoms with E-state index in [0.717, 1.165) is 37.4 Å². The number of ether oxygens (including phenoxy) is 1. The highest BCUT2D eigenvalue weighted by Crippen LogP contribution is 2.38. The fraction of sp³-hybridized carbons (Fsp3) is 0.571. The van der Waals surface area contributed by atoms with Gasteiger partial charge in [-0.3, -0.25) is 4.79 Å². The van der Waals surface area contributed by atoms with Crippen LogP contribution in [0.1, 0.15) is 29.6 Å². The van der Waals surface area contributed by atoms with Gasteiger partial charge in [-0.25, -0.2) is 0 Å². The molecule has 1 aromatic heterocycles. The number of nitrogens with one attached hydrogen (secondary N) is 2. The van der Waals surface area contributed by atoms with E-state index in [0.29, 0.717) is 10.2 Å². The Labute approximate surface area is 127 Å². The van der Waals surface area contributed by atoms with E-state index in [1.807, 2.05) is 11.8 Å². The molecule has 1 aromatic rings. The van der Waals surface area contributed by atoms with Crippen LogP contribution in [0.15, 0.2) is 18.3 Å². The third-order valence-corrected chi connectivity index (χ3v) is 5.52. The maximum Gasteiger partial charge on any atom is 0.254 e. The van der Waals surface area contributed by atoms with Gasteiger partial charge < -0.3 is 15.0 Å². The van der Waals surface area contributed by atoms with Gasteiger partial charge in [0.2, 0.25) is 0 Å². The largest absolute Gasteiger partial charge is 0.374 e. The van der Waals surface area contributed by atoms with Gasteiger partial charge in [0, 0.05) is 24.6 Å². The third kappa shape index (κ3) is 2.92. The van der Waals surface area contributed by atoms with Crippen molar-refractivity contribution in [2.24, 2.45) is 0 Å². The molecular formula is C14H18N2O2S2. The first-order valence-electron chi connectivity index (χ1n) is 6.89. The molecule has 20 heavy (non-hydrogen) atoms. The number of hydrogen-bond acceptors (Lipinski definition) is 4. The van der Waals surface area contributed by atoms with Crippen molar-refractivity contribution in [1.29, 1.82) is 0 Å². The predicted molar refractivity (Wildman–Crippen MR) is 82.7 cm³/mol. The number of pyridine rings is 1. The summed E-state index contributed by atoms with van der Waals surface area (Å²) >= 11 is 7.09. The van der Waals surface area contributed by atoms with E-state index in [1.54, 1.807) is 18.3 Å². The Morgan fingerprint density at radius 2 is 2.50 bits per heavy atom. The molecule has 2 fully saturated rings. The van der Waals surface area contributed by atoms with Gasteiger partial charge in [0.05, 0.1) is 11.2 Å². The second kappa shape index (κ2) is 5.87. The summed E-state index contributed by atoms with van der Waals surface area (Å²) in [6.45, 7) is 0.729. The number of H-pyrrole nitrogens is 1. The molecule has 2 atom stereocenters. The highest BCUT2D eigenvalue weighted by atomic mass is 32.2. The lowest BCUT2D eigenvalue weighted by Crippen LogP contribution is -2.48. The molecule has 0 bridgehead atoms. The number of carbonyl (C=O) groups excluding carboxylic acids is 1. The Balaban J connectivity index is 1.67. The van der Waals surface area contributed by atoms with Gasteiger partial charge in [0.1, 0.15) is 4.64 Å². The number of aromatic nitrogens is 1. The topological polar surface area (TPSA) is 54.1 Å². The lowest BCUT2D eigenvalue weighted by Gasteiger charge is -2.38. The molecule has 6 heteroatoms. The van der Waals surface area contributed by atoms with Crippen molar-refractivity contribution in [2.75, 3.05) is 18.1 Å². The Kier molecular flexibility index (Phi) is 4.14. The summed E-state index contributed by atoms with van der Waals surface area (Å²) in [5.41, 5.74) is 0.532. The number of thioether (sulfide) groups is 1. The SMILES string of the molecule is O=C(N[C@@H]1CCO[C@@]2(CCSC2)C1)c1ccc[nH]c1=S. The Hall–Kier alpha value is -0.850. The summed E-state index contributed by atoms with van der Waals surface area (Å²) in [4.78, 5) is 15.2.